The normalized spacial score (nSPS) is 11.1. The van der Waals surface area contributed by atoms with Crippen LogP contribution in [0, 0.1) is 13.8 Å². The summed E-state index contributed by atoms with van der Waals surface area (Å²) in [6.45, 7) is 8.14. The maximum Gasteiger partial charge on any atom is 0.342 e. The first-order valence-corrected chi connectivity index (χ1v) is 8.53. The fraction of sp³-hybridized carbons (Fsp3) is 0.368. The Morgan fingerprint density at radius 1 is 1.23 bits per heavy atom. The lowest BCUT2D eigenvalue weighted by Gasteiger charge is -2.05. The minimum atomic E-state index is -0.441. The van der Waals surface area contributed by atoms with Crippen LogP contribution in [0.2, 0.25) is 0 Å². The summed E-state index contributed by atoms with van der Waals surface area (Å²) in [4.78, 5) is 16.7. The second-order valence-electron chi connectivity index (χ2n) is 6.47. The lowest BCUT2D eigenvalue weighted by molar-refractivity contribution is 0.0428. The van der Waals surface area contributed by atoms with Crippen molar-refractivity contribution in [3.63, 3.8) is 0 Å². The van der Waals surface area contributed by atoms with Gasteiger partial charge in [-0.15, -0.1) is 0 Å². The van der Waals surface area contributed by atoms with Crippen molar-refractivity contribution in [3.05, 3.63) is 64.6 Å². The molecule has 3 rings (SSSR count). The Balaban J connectivity index is 1.70. The molecule has 0 atom stereocenters. The largest absolute Gasteiger partial charge is 0.452 e. The Hall–Kier alpha value is -2.96. The molecule has 0 amide bonds. The Labute approximate surface area is 152 Å². The van der Waals surface area contributed by atoms with Gasteiger partial charge in [0.2, 0.25) is 0 Å². The van der Waals surface area contributed by atoms with E-state index in [-0.39, 0.29) is 18.4 Å². The molecule has 0 aliphatic carbocycles. The molecule has 2 heterocycles. The van der Waals surface area contributed by atoms with E-state index in [0.717, 1.165) is 11.3 Å². The molecule has 2 aromatic heterocycles. The van der Waals surface area contributed by atoms with Crippen molar-refractivity contribution < 1.29 is 14.1 Å². The van der Waals surface area contributed by atoms with Crippen LogP contribution in [0.5, 0.6) is 0 Å². The molecule has 0 saturated heterocycles. The van der Waals surface area contributed by atoms with Crippen LogP contribution < -0.4 is 0 Å². The average Bonchev–Trinajstić information content (AvgIpc) is 3.19. The summed E-state index contributed by atoms with van der Waals surface area (Å²) in [5.41, 5.74) is 3.00. The molecule has 0 aliphatic heterocycles. The number of benzene rings is 1. The zero-order chi connectivity index (χ0) is 18.7. The van der Waals surface area contributed by atoms with E-state index < -0.39 is 5.97 Å². The third kappa shape index (κ3) is 3.82. The maximum absolute atomic E-state index is 12.5. The van der Waals surface area contributed by atoms with Crippen molar-refractivity contribution in [1.29, 1.82) is 0 Å². The van der Waals surface area contributed by atoms with Gasteiger partial charge in [0.1, 0.15) is 5.56 Å². The second kappa shape index (κ2) is 7.51. The third-order valence-electron chi connectivity index (χ3n) is 4.09. The number of hydrogen-bond acceptors (Lipinski definition) is 6. The van der Waals surface area contributed by atoms with Gasteiger partial charge < -0.3 is 9.26 Å². The quantitative estimate of drug-likeness (QED) is 0.631. The van der Waals surface area contributed by atoms with E-state index in [1.54, 1.807) is 6.92 Å². The number of carbonyl (C=O) groups is 1. The summed E-state index contributed by atoms with van der Waals surface area (Å²) in [7, 11) is 0. The molecule has 26 heavy (non-hydrogen) atoms. The van der Waals surface area contributed by atoms with Gasteiger partial charge in [0.25, 0.3) is 5.89 Å². The van der Waals surface area contributed by atoms with Gasteiger partial charge in [-0.1, -0.05) is 49.3 Å². The van der Waals surface area contributed by atoms with E-state index in [4.69, 9.17) is 9.26 Å². The SMILES string of the molecule is Cc1nn(Cc2ccccc2)c(C)c1C(=O)OCc1nc(C(C)C)no1. The lowest BCUT2D eigenvalue weighted by Crippen LogP contribution is -2.09. The van der Waals surface area contributed by atoms with Crippen molar-refractivity contribution >= 4 is 5.97 Å². The smallest absolute Gasteiger partial charge is 0.342 e. The topological polar surface area (TPSA) is 83.0 Å². The minimum absolute atomic E-state index is 0.0543. The monoisotopic (exact) mass is 354 g/mol. The first-order valence-electron chi connectivity index (χ1n) is 8.53. The third-order valence-corrected chi connectivity index (χ3v) is 4.09. The van der Waals surface area contributed by atoms with E-state index in [0.29, 0.717) is 23.6 Å². The van der Waals surface area contributed by atoms with Crippen molar-refractivity contribution in [2.45, 2.75) is 46.8 Å². The Bertz CT molecular complexity index is 897. The van der Waals surface area contributed by atoms with Crippen LogP contribution in [0.1, 0.15) is 58.8 Å². The van der Waals surface area contributed by atoms with Gasteiger partial charge in [0, 0.05) is 5.92 Å². The summed E-state index contributed by atoms with van der Waals surface area (Å²) < 4.78 is 12.3. The van der Waals surface area contributed by atoms with Crippen LogP contribution in [0.25, 0.3) is 0 Å². The Morgan fingerprint density at radius 3 is 2.62 bits per heavy atom. The maximum atomic E-state index is 12.5. The molecule has 1 aromatic carbocycles. The molecule has 7 heteroatoms. The molecule has 136 valence electrons. The molecule has 0 unspecified atom stereocenters. The summed E-state index contributed by atoms with van der Waals surface area (Å²) in [6.07, 6.45) is 0. The van der Waals surface area contributed by atoms with Crippen LogP contribution in [-0.2, 0) is 17.9 Å². The first kappa shape index (κ1) is 17.8. The Morgan fingerprint density at radius 2 is 1.96 bits per heavy atom. The molecule has 0 N–H and O–H groups in total. The van der Waals surface area contributed by atoms with Crippen LogP contribution in [0.3, 0.4) is 0 Å². The predicted molar refractivity (Wildman–Crippen MR) is 94.8 cm³/mol. The van der Waals surface area contributed by atoms with Crippen molar-refractivity contribution in [2.75, 3.05) is 0 Å². The van der Waals surface area contributed by atoms with Gasteiger partial charge in [-0.05, 0) is 19.4 Å². The van der Waals surface area contributed by atoms with E-state index in [9.17, 15) is 4.79 Å². The number of hydrogen-bond donors (Lipinski definition) is 0. The summed E-state index contributed by atoms with van der Waals surface area (Å²) in [5.74, 6) is 0.598. The highest BCUT2D eigenvalue weighted by Gasteiger charge is 2.21. The summed E-state index contributed by atoms with van der Waals surface area (Å²) in [6, 6.07) is 9.97. The van der Waals surface area contributed by atoms with Crippen molar-refractivity contribution in [3.8, 4) is 0 Å². The lowest BCUT2D eigenvalue weighted by atomic mass is 10.2. The Kier molecular flexibility index (Phi) is 5.16. The number of carbonyl (C=O) groups excluding carboxylic acids is 1. The fourth-order valence-corrected chi connectivity index (χ4v) is 2.66. The summed E-state index contributed by atoms with van der Waals surface area (Å²) in [5, 5.41) is 8.33. The highest BCUT2D eigenvalue weighted by molar-refractivity contribution is 5.91. The van der Waals surface area contributed by atoms with Gasteiger partial charge in [-0.3, -0.25) is 4.68 Å². The molecule has 0 bridgehead atoms. The van der Waals surface area contributed by atoms with Crippen LogP contribution >= 0.6 is 0 Å². The van der Waals surface area contributed by atoms with Gasteiger partial charge >= 0.3 is 5.97 Å². The van der Waals surface area contributed by atoms with Crippen LogP contribution in [-0.4, -0.2) is 25.9 Å². The average molecular weight is 354 g/mol. The highest BCUT2D eigenvalue weighted by Crippen LogP contribution is 2.17. The van der Waals surface area contributed by atoms with Gasteiger partial charge in [0.15, 0.2) is 12.4 Å². The summed E-state index contributed by atoms with van der Waals surface area (Å²) >= 11 is 0. The second-order valence-corrected chi connectivity index (χ2v) is 6.47. The van der Waals surface area contributed by atoms with E-state index in [1.165, 1.54) is 0 Å². The molecular weight excluding hydrogens is 332 g/mol. The van der Waals surface area contributed by atoms with Crippen LogP contribution in [0.15, 0.2) is 34.9 Å². The molecule has 0 fully saturated rings. The zero-order valence-corrected chi connectivity index (χ0v) is 15.4. The zero-order valence-electron chi connectivity index (χ0n) is 15.4. The van der Waals surface area contributed by atoms with Crippen LogP contribution in [0.4, 0.5) is 0 Å². The molecule has 0 saturated carbocycles. The molecule has 0 aliphatic rings. The first-order chi connectivity index (χ1) is 12.5. The van der Waals surface area contributed by atoms with Gasteiger partial charge in [-0.2, -0.15) is 10.1 Å². The van der Waals surface area contributed by atoms with E-state index in [1.807, 2.05) is 55.8 Å². The number of aryl methyl sites for hydroxylation is 1. The minimum Gasteiger partial charge on any atom is -0.452 e. The van der Waals surface area contributed by atoms with E-state index in [2.05, 4.69) is 15.2 Å². The fourth-order valence-electron chi connectivity index (χ4n) is 2.66. The van der Waals surface area contributed by atoms with Gasteiger partial charge in [0.05, 0.1) is 17.9 Å². The standard InChI is InChI=1S/C19H22N4O3/c1-12(2)18-20-16(26-22-18)11-25-19(24)17-13(3)21-23(14(17)4)10-15-8-6-5-7-9-15/h5-9,12H,10-11H2,1-4H3. The molecule has 3 aromatic rings. The van der Waals surface area contributed by atoms with Crippen molar-refractivity contribution in [2.24, 2.45) is 0 Å². The number of nitrogens with zero attached hydrogens (tertiary/aromatic N) is 4. The number of rotatable bonds is 6. The van der Waals surface area contributed by atoms with E-state index >= 15 is 0 Å². The number of esters is 1. The number of ether oxygens (including phenoxy) is 1. The number of aromatic nitrogens is 4. The predicted octanol–water partition coefficient (Wildman–Crippen LogP) is 3.41. The van der Waals surface area contributed by atoms with Gasteiger partial charge in [-0.25, -0.2) is 4.79 Å². The van der Waals surface area contributed by atoms with Crippen molar-refractivity contribution in [1.82, 2.24) is 19.9 Å². The highest BCUT2D eigenvalue weighted by atomic mass is 16.6. The molecule has 0 spiro atoms. The molecule has 7 nitrogen and oxygen atoms in total. The molecular formula is C19H22N4O3. The molecule has 0 radical (unpaired) electrons.